The van der Waals surface area contributed by atoms with E-state index in [1.807, 2.05) is 0 Å². The maximum atomic E-state index is 10.6. The van der Waals surface area contributed by atoms with E-state index in [4.69, 9.17) is 18.9 Å². The summed E-state index contributed by atoms with van der Waals surface area (Å²) in [6, 6.07) is 0. The zero-order chi connectivity index (χ0) is 47.4. The third-order valence-corrected chi connectivity index (χ3v) is 10.8. The third-order valence-electron chi connectivity index (χ3n) is 10.8. The van der Waals surface area contributed by atoms with Gasteiger partial charge in [-0.05, 0) is 154 Å². The van der Waals surface area contributed by atoms with Gasteiger partial charge in [0.25, 0.3) is 0 Å². The molecule has 8 atom stereocenters. The van der Waals surface area contributed by atoms with Crippen molar-refractivity contribution in [1.29, 1.82) is 0 Å². The molecule has 0 aromatic rings. The first-order valence-corrected chi connectivity index (χ1v) is 22.8. The summed E-state index contributed by atoms with van der Waals surface area (Å²) in [5.41, 5.74) is 5.48. The van der Waals surface area contributed by atoms with E-state index in [2.05, 4.69) is 135 Å². The maximum absolute atomic E-state index is 10.6. The van der Waals surface area contributed by atoms with Crippen molar-refractivity contribution in [3.8, 4) is 0 Å². The van der Waals surface area contributed by atoms with E-state index < -0.39 is 0 Å². The first-order chi connectivity index (χ1) is 27.7. The van der Waals surface area contributed by atoms with Gasteiger partial charge in [-0.1, -0.05) is 102 Å². The minimum absolute atomic E-state index is 0.182. The van der Waals surface area contributed by atoms with E-state index in [0.29, 0.717) is 73.8 Å². The summed E-state index contributed by atoms with van der Waals surface area (Å²) in [5, 5.41) is 0. The summed E-state index contributed by atoms with van der Waals surface area (Å²) < 4.78 is 20.0. The lowest BCUT2D eigenvalue weighted by atomic mass is 9.92. The molecule has 0 aliphatic rings. The van der Waals surface area contributed by atoms with Gasteiger partial charge in [0.1, 0.15) is 0 Å². The molecule has 8 heteroatoms. The van der Waals surface area contributed by atoms with Gasteiger partial charge in [-0.2, -0.15) is 0 Å². The second-order valence-corrected chi connectivity index (χ2v) is 18.5. The Kier molecular flexibility index (Phi) is 42.3. The molecule has 0 saturated carbocycles. The standard InChI is InChI=1S/4C13H24O2/c4*1-10(2)7-6-8-11(3)12(4)9-15-13(5)14/h4*7,11-12H,6,8-9H2,1-5H3/t2*11-,12+;2*11-,12-/m1010/s1. The van der Waals surface area contributed by atoms with Crippen molar-refractivity contribution in [2.75, 3.05) is 26.4 Å². The van der Waals surface area contributed by atoms with Crippen LogP contribution in [0.4, 0.5) is 0 Å². The second-order valence-electron chi connectivity index (χ2n) is 18.5. The smallest absolute Gasteiger partial charge is 0.302 e. The van der Waals surface area contributed by atoms with E-state index in [1.54, 1.807) is 0 Å². The monoisotopic (exact) mass is 849 g/mol. The second kappa shape index (κ2) is 39.9. The normalized spacial score (nSPS) is 14.2. The van der Waals surface area contributed by atoms with Gasteiger partial charge in [0.2, 0.25) is 0 Å². The molecule has 0 aliphatic carbocycles. The van der Waals surface area contributed by atoms with Gasteiger partial charge in [-0.3, -0.25) is 19.2 Å². The maximum Gasteiger partial charge on any atom is 0.302 e. The highest BCUT2D eigenvalue weighted by Gasteiger charge is 2.15. The summed E-state index contributed by atoms with van der Waals surface area (Å²) in [6.45, 7) is 42.4. The Labute approximate surface area is 371 Å². The lowest BCUT2D eigenvalue weighted by Crippen LogP contribution is -2.16. The Bertz CT molecular complexity index is 1050. The molecular formula is C52H96O8. The summed E-state index contributed by atoms with van der Waals surface area (Å²) in [7, 11) is 0. The molecule has 0 rings (SSSR count). The molecule has 0 heterocycles. The highest BCUT2D eigenvalue weighted by atomic mass is 16.5. The topological polar surface area (TPSA) is 105 Å². The summed E-state index contributed by atoms with van der Waals surface area (Å²) in [5.74, 6) is 3.44. The van der Waals surface area contributed by atoms with E-state index >= 15 is 0 Å². The zero-order valence-corrected chi connectivity index (χ0v) is 42.7. The number of allylic oxidation sites excluding steroid dienone is 8. The van der Waals surface area contributed by atoms with Crippen molar-refractivity contribution >= 4 is 23.9 Å². The number of carbonyl (C=O) groups is 4. The van der Waals surface area contributed by atoms with E-state index in [0.717, 1.165) is 51.4 Å². The summed E-state index contributed by atoms with van der Waals surface area (Å²) in [6.07, 6.45) is 18.2. The van der Waals surface area contributed by atoms with Gasteiger partial charge in [0, 0.05) is 27.7 Å². The van der Waals surface area contributed by atoms with Crippen molar-refractivity contribution in [2.24, 2.45) is 47.3 Å². The minimum Gasteiger partial charge on any atom is -0.466 e. The zero-order valence-electron chi connectivity index (χ0n) is 42.7. The fraction of sp³-hybridized carbons (Fsp3) is 0.769. The first-order valence-electron chi connectivity index (χ1n) is 22.8. The van der Waals surface area contributed by atoms with Gasteiger partial charge in [-0.25, -0.2) is 0 Å². The highest BCUT2D eigenvalue weighted by Crippen LogP contribution is 2.21. The molecule has 0 spiro atoms. The van der Waals surface area contributed by atoms with Crippen LogP contribution in [0.3, 0.4) is 0 Å². The van der Waals surface area contributed by atoms with Crippen LogP contribution in [-0.2, 0) is 38.1 Å². The number of hydrogen-bond donors (Lipinski definition) is 0. The van der Waals surface area contributed by atoms with Crippen LogP contribution in [-0.4, -0.2) is 50.3 Å². The van der Waals surface area contributed by atoms with Crippen molar-refractivity contribution < 1.29 is 38.1 Å². The number of esters is 4. The number of ether oxygens (including phenoxy) is 4. The Morgan fingerprint density at radius 2 is 0.450 bits per heavy atom. The van der Waals surface area contributed by atoms with Crippen LogP contribution in [0, 0.1) is 47.3 Å². The number of hydrogen-bond acceptors (Lipinski definition) is 8. The SMILES string of the molecule is CC(=O)OC[C@@H](C)[C@@H](C)CCC=C(C)C.CC(=O)OC[C@@H](C)[C@H](C)CCC=C(C)C.CC(=O)OC[C@H](C)[C@@H](C)CCC=C(C)C.CC(=O)OC[C@H](C)[C@H](C)CCC=C(C)C. The van der Waals surface area contributed by atoms with Crippen LogP contribution in [0.5, 0.6) is 0 Å². The molecule has 0 unspecified atom stereocenters. The average molecular weight is 849 g/mol. The van der Waals surface area contributed by atoms with Gasteiger partial charge in [0.15, 0.2) is 0 Å². The van der Waals surface area contributed by atoms with Gasteiger partial charge in [0.05, 0.1) is 26.4 Å². The van der Waals surface area contributed by atoms with E-state index in [9.17, 15) is 19.2 Å². The minimum atomic E-state index is -0.182. The number of rotatable bonds is 24. The summed E-state index contributed by atoms with van der Waals surface area (Å²) >= 11 is 0. The molecule has 0 aliphatic heterocycles. The van der Waals surface area contributed by atoms with Crippen LogP contribution >= 0.6 is 0 Å². The quantitative estimate of drug-likeness (QED) is 0.0537. The van der Waals surface area contributed by atoms with Crippen LogP contribution in [0.25, 0.3) is 0 Å². The molecule has 352 valence electrons. The molecule has 0 amide bonds. The highest BCUT2D eigenvalue weighted by molar-refractivity contribution is 5.66. The van der Waals surface area contributed by atoms with E-state index in [1.165, 1.54) is 50.0 Å². The molecule has 0 bridgehead atoms. The molecular weight excluding hydrogens is 753 g/mol. The lowest BCUT2D eigenvalue weighted by molar-refractivity contribution is -0.143. The largest absolute Gasteiger partial charge is 0.466 e. The van der Waals surface area contributed by atoms with Crippen LogP contribution in [0.15, 0.2) is 46.6 Å². The van der Waals surface area contributed by atoms with Crippen molar-refractivity contribution in [3.63, 3.8) is 0 Å². The Hall–Kier alpha value is -3.16. The number of carbonyl (C=O) groups excluding carboxylic acids is 4. The molecule has 0 N–H and O–H groups in total. The Balaban J connectivity index is -0.000000348. The molecule has 0 radical (unpaired) electrons. The molecule has 8 nitrogen and oxygen atoms in total. The molecule has 0 aromatic carbocycles. The van der Waals surface area contributed by atoms with Gasteiger partial charge < -0.3 is 18.9 Å². The fourth-order valence-electron chi connectivity index (χ4n) is 5.33. The average Bonchev–Trinajstić information content (AvgIpc) is 3.13. The van der Waals surface area contributed by atoms with Gasteiger partial charge in [-0.15, -0.1) is 0 Å². The molecule has 60 heavy (non-hydrogen) atoms. The first kappa shape index (κ1) is 63.5. The van der Waals surface area contributed by atoms with Crippen molar-refractivity contribution in [3.05, 3.63) is 46.6 Å². The lowest BCUT2D eigenvalue weighted by Gasteiger charge is -2.18. The van der Waals surface area contributed by atoms with Crippen LogP contribution in [0.1, 0.15) is 190 Å². The van der Waals surface area contributed by atoms with Gasteiger partial charge >= 0.3 is 23.9 Å². The predicted molar refractivity (Wildman–Crippen MR) is 255 cm³/mol. The fourth-order valence-corrected chi connectivity index (χ4v) is 5.33. The summed E-state index contributed by atoms with van der Waals surface area (Å²) in [4.78, 5) is 42.6. The Morgan fingerprint density at radius 1 is 0.300 bits per heavy atom. The van der Waals surface area contributed by atoms with Crippen LogP contribution in [0.2, 0.25) is 0 Å². The van der Waals surface area contributed by atoms with Crippen molar-refractivity contribution in [1.82, 2.24) is 0 Å². The third kappa shape index (κ3) is 49.2. The molecule has 0 fully saturated rings. The molecule has 0 aromatic heterocycles. The Morgan fingerprint density at radius 3 is 0.567 bits per heavy atom. The molecule has 0 saturated heterocycles. The van der Waals surface area contributed by atoms with E-state index in [-0.39, 0.29) is 23.9 Å². The predicted octanol–water partition coefficient (Wildman–Crippen LogP) is 14.3. The van der Waals surface area contributed by atoms with Crippen molar-refractivity contribution in [2.45, 2.75) is 190 Å². The van der Waals surface area contributed by atoms with Crippen LogP contribution < -0.4 is 0 Å².